The maximum Gasteiger partial charge on any atom is 0.192 e. The van der Waals surface area contributed by atoms with Gasteiger partial charge in [0, 0.05) is 0 Å². The van der Waals surface area contributed by atoms with E-state index in [0.717, 1.165) is 36.6 Å². The summed E-state index contributed by atoms with van der Waals surface area (Å²) in [7, 11) is 0. The number of Topliss-reactive ketones (excluding diaryl/α,β-unsaturated/α-hetero) is 1. The standard InChI is InChI=1S/C18H15BrFNO2/c1-10(7-13-6-5-12(20)9-21-13)17(22)15-8-11-3-2-4-14(11)16(19)18(15)23/h5-9,23H,2-4H2,1H3. The Morgan fingerprint density at radius 1 is 1.39 bits per heavy atom. The van der Waals surface area contributed by atoms with E-state index in [4.69, 9.17) is 0 Å². The summed E-state index contributed by atoms with van der Waals surface area (Å²) < 4.78 is 13.5. The van der Waals surface area contributed by atoms with Crippen LogP contribution in [-0.4, -0.2) is 15.9 Å². The fourth-order valence-electron chi connectivity index (χ4n) is 2.83. The molecule has 1 aromatic heterocycles. The van der Waals surface area contributed by atoms with E-state index in [1.165, 1.54) is 12.1 Å². The normalized spacial score (nSPS) is 14.0. The van der Waals surface area contributed by atoms with Gasteiger partial charge < -0.3 is 5.11 Å². The maximum absolute atomic E-state index is 12.9. The van der Waals surface area contributed by atoms with Crippen molar-refractivity contribution >= 4 is 27.8 Å². The van der Waals surface area contributed by atoms with Crippen LogP contribution in [0.4, 0.5) is 4.39 Å². The molecule has 0 atom stereocenters. The van der Waals surface area contributed by atoms with Crippen molar-refractivity contribution in [2.45, 2.75) is 26.2 Å². The minimum Gasteiger partial charge on any atom is -0.506 e. The van der Waals surface area contributed by atoms with Gasteiger partial charge in [-0.25, -0.2) is 4.39 Å². The summed E-state index contributed by atoms with van der Waals surface area (Å²) in [4.78, 5) is 16.6. The third-order valence-electron chi connectivity index (χ3n) is 4.02. The van der Waals surface area contributed by atoms with Gasteiger partial charge in [-0.15, -0.1) is 0 Å². The molecule has 0 spiro atoms. The van der Waals surface area contributed by atoms with Crippen LogP contribution in [0.3, 0.4) is 0 Å². The molecule has 1 aliphatic carbocycles. The van der Waals surface area contributed by atoms with Crippen LogP contribution < -0.4 is 0 Å². The molecule has 3 rings (SSSR count). The number of rotatable bonds is 3. The van der Waals surface area contributed by atoms with Crippen molar-refractivity contribution in [2.24, 2.45) is 0 Å². The molecule has 0 aliphatic heterocycles. The second kappa shape index (κ2) is 6.24. The summed E-state index contributed by atoms with van der Waals surface area (Å²) in [6, 6.07) is 4.57. The number of hydrogen-bond donors (Lipinski definition) is 1. The minimum absolute atomic E-state index is 0.0181. The minimum atomic E-state index is -0.425. The van der Waals surface area contributed by atoms with Crippen molar-refractivity contribution in [2.75, 3.05) is 0 Å². The van der Waals surface area contributed by atoms with Gasteiger partial charge in [0.25, 0.3) is 0 Å². The topological polar surface area (TPSA) is 50.2 Å². The Bertz CT molecular complexity index is 813. The summed E-state index contributed by atoms with van der Waals surface area (Å²) in [6.07, 6.45) is 5.54. The summed E-state index contributed by atoms with van der Waals surface area (Å²) in [6.45, 7) is 1.66. The molecule has 2 aromatic rings. The van der Waals surface area contributed by atoms with Crippen LogP contribution in [0.2, 0.25) is 0 Å². The molecular weight excluding hydrogens is 361 g/mol. The first-order chi connectivity index (χ1) is 11.0. The Morgan fingerprint density at radius 3 is 2.87 bits per heavy atom. The van der Waals surface area contributed by atoms with Gasteiger partial charge in [0.2, 0.25) is 0 Å². The highest BCUT2D eigenvalue weighted by Crippen LogP contribution is 2.39. The highest BCUT2D eigenvalue weighted by molar-refractivity contribution is 9.10. The number of carbonyl (C=O) groups excluding carboxylic acids is 1. The summed E-state index contributed by atoms with van der Waals surface area (Å²) in [5.41, 5.74) is 3.40. The first-order valence-electron chi connectivity index (χ1n) is 7.35. The molecule has 23 heavy (non-hydrogen) atoms. The lowest BCUT2D eigenvalue weighted by molar-refractivity contribution is 0.103. The van der Waals surface area contributed by atoms with Gasteiger partial charge in [0.1, 0.15) is 11.6 Å². The Kier molecular flexibility index (Phi) is 4.31. The fraction of sp³-hybridized carbons (Fsp3) is 0.222. The van der Waals surface area contributed by atoms with Crippen molar-refractivity contribution in [1.82, 2.24) is 4.98 Å². The SMILES string of the molecule is CC(=Cc1ccc(F)cn1)C(=O)c1cc2c(c(Br)c1O)CCC2. The summed E-state index contributed by atoms with van der Waals surface area (Å²) in [5, 5.41) is 10.3. The number of aromatic hydroxyl groups is 1. The molecule has 5 heteroatoms. The molecule has 0 saturated heterocycles. The van der Waals surface area contributed by atoms with Crippen LogP contribution in [0.15, 0.2) is 34.4 Å². The van der Waals surface area contributed by atoms with Gasteiger partial charge in [-0.3, -0.25) is 9.78 Å². The number of halogens is 2. The number of nitrogens with zero attached hydrogens (tertiary/aromatic N) is 1. The maximum atomic E-state index is 12.9. The lowest BCUT2D eigenvalue weighted by Crippen LogP contribution is -2.04. The highest BCUT2D eigenvalue weighted by Gasteiger charge is 2.23. The number of pyridine rings is 1. The van der Waals surface area contributed by atoms with Crippen molar-refractivity contribution in [3.05, 3.63) is 62.6 Å². The Hall–Kier alpha value is -2.01. The predicted molar refractivity (Wildman–Crippen MR) is 90.0 cm³/mol. The Labute approximate surface area is 142 Å². The number of aromatic nitrogens is 1. The monoisotopic (exact) mass is 375 g/mol. The number of phenols is 1. The zero-order valence-corrected chi connectivity index (χ0v) is 14.2. The number of hydrogen-bond acceptors (Lipinski definition) is 3. The second-order valence-corrected chi connectivity index (χ2v) is 6.43. The molecule has 0 amide bonds. The van der Waals surface area contributed by atoms with Crippen molar-refractivity contribution in [1.29, 1.82) is 0 Å². The van der Waals surface area contributed by atoms with Crippen LogP contribution in [0.5, 0.6) is 5.75 Å². The van der Waals surface area contributed by atoms with Gasteiger partial charge in [0.05, 0.1) is 21.9 Å². The zero-order chi connectivity index (χ0) is 16.6. The zero-order valence-electron chi connectivity index (χ0n) is 12.6. The quantitative estimate of drug-likeness (QED) is 0.636. The number of aryl methyl sites for hydroxylation is 1. The van der Waals surface area contributed by atoms with E-state index in [0.29, 0.717) is 15.7 Å². The molecule has 0 radical (unpaired) electrons. The lowest BCUT2D eigenvalue weighted by Gasteiger charge is -2.11. The fourth-order valence-corrected chi connectivity index (χ4v) is 3.49. The average molecular weight is 376 g/mol. The van der Waals surface area contributed by atoms with Crippen molar-refractivity contribution in [3.63, 3.8) is 0 Å². The van der Waals surface area contributed by atoms with Crippen molar-refractivity contribution in [3.8, 4) is 5.75 Å². The number of allylic oxidation sites excluding steroid dienone is 1. The second-order valence-electron chi connectivity index (χ2n) is 5.64. The van der Waals surface area contributed by atoms with Crippen LogP contribution in [-0.2, 0) is 12.8 Å². The van der Waals surface area contributed by atoms with E-state index in [2.05, 4.69) is 20.9 Å². The van der Waals surface area contributed by atoms with Crippen LogP contribution in [0, 0.1) is 5.82 Å². The van der Waals surface area contributed by atoms with E-state index >= 15 is 0 Å². The lowest BCUT2D eigenvalue weighted by atomic mass is 9.98. The molecule has 3 nitrogen and oxygen atoms in total. The molecular formula is C18H15BrFNO2. The van der Waals surface area contributed by atoms with Crippen LogP contribution in [0.1, 0.15) is 40.5 Å². The number of carbonyl (C=O) groups is 1. The Balaban J connectivity index is 1.97. The number of benzene rings is 1. The molecule has 1 aliphatic rings. The van der Waals surface area contributed by atoms with Gasteiger partial charge in [-0.2, -0.15) is 0 Å². The predicted octanol–water partition coefficient (Wildman–Crippen LogP) is 4.46. The van der Waals surface area contributed by atoms with E-state index in [1.54, 1.807) is 19.1 Å². The van der Waals surface area contributed by atoms with Gasteiger partial charge >= 0.3 is 0 Å². The summed E-state index contributed by atoms with van der Waals surface area (Å²) >= 11 is 3.40. The highest BCUT2D eigenvalue weighted by atomic mass is 79.9. The molecule has 1 aromatic carbocycles. The third kappa shape index (κ3) is 3.06. The van der Waals surface area contributed by atoms with Crippen LogP contribution in [0.25, 0.3) is 6.08 Å². The number of phenolic OH excluding ortho intramolecular Hbond substituents is 1. The summed E-state index contributed by atoms with van der Waals surface area (Å²) in [5.74, 6) is -0.703. The van der Waals surface area contributed by atoms with Gasteiger partial charge in [0.15, 0.2) is 5.78 Å². The molecule has 0 unspecified atom stereocenters. The van der Waals surface area contributed by atoms with Crippen LogP contribution >= 0.6 is 15.9 Å². The molecule has 1 N–H and O–H groups in total. The first kappa shape index (κ1) is 15.9. The van der Waals surface area contributed by atoms with E-state index in [-0.39, 0.29) is 17.1 Å². The number of ketones is 1. The molecule has 0 bridgehead atoms. The van der Waals surface area contributed by atoms with E-state index < -0.39 is 5.82 Å². The van der Waals surface area contributed by atoms with Gasteiger partial charge in [-0.05, 0) is 83.1 Å². The largest absolute Gasteiger partial charge is 0.506 e. The molecule has 1 heterocycles. The molecule has 0 saturated carbocycles. The van der Waals surface area contributed by atoms with Gasteiger partial charge in [-0.1, -0.05) is 0 Å². The average Bonchev–Trinajstić information content (AvgIpc) is 3.01. The third-order valence-corrected chi connectivity index (χ3v) is 4.88. The van der Waals surface area contributed by atoms with Crippen molar-refractivity contribution < 1.29 is 14.3 Å². The molecule has 0 fully saturated rings. The Morgan fingerprint density at radius 2 is 2.17 bits per heavy atom. The first-order valence-corrected chi connectivity index (χ1v) is 8.14. The number of fused-ring (bicyclic) bond motifs is 1. The smallest absolute Gasteiger partial charge is 0.192 e. The van der Waals surface area contributed by atoms with E-state index in [9.17, 15) is 14.3 Å². The molecule has 118 valence electrons. The van der Waals surface area contributed by atoms with E-state index in [1.807, 2.05) is 0 Å².